The lowest BCUT2D eigenvalue weighted by atomic mass is 10.1. The van der Waals surface area contributed by atoms with Crippen molar-refractivity contribution in [3.63, 3.8) is 0 Å². The van der Waals surface area contributed by atoms with Crippen molar-refractivity contribution in [3.05, 3.63) is 35.9 Å². The Bertz CT molecular complexity index is 325. The Labute approximate surface area is 103 Å². The molecule has 3 nitrogen and oxygen atoms in total. The summed E-state index contributed by atoms with van der Waals surface area (Å²) in [5.74, 6) is -0.242. The summed E-state index contributed by atoms with van der Waals surface area (Å²) in [4.78, 5) is 11.6. The topological polar surface area (TPSA) is 38.3 Å². The number of esters is 1. The fourth-order valence-electron chi connectivity index (χ4n) is 1.01. The Morgan fingerprint density at radius 3 is 2.38 bits per heavy atom. The van der Waals surface area contributed by atoms with E-state index in [-0.39, 0.29) is 18.4 Å². The first-order valence-corrected chi connectivity index (χ1v) is 4.96. The molecule has 0 bridgehead atoms. The van der Waals surface area contributed by atoms with E-state index in [0.717, 1.165) is 5.56 Å². The van der Waals surface area contributed by atoms with Crippen LogP contribution < -0.4 is 5.32 Å². The average Bonchev–Trinajstić information content (AvgIpc) is 2.27. The SMILES string of the molecule is CNC(C)(C)C(=O)OCc1ccccc1.Cl. The molecule has 0 heterocycles. The van der Waals surface area contributed by atoms with Crippen LogP contribution in [0.4, 0.5) is 0 Å². The molecule has 0 aliphatic rings. The van der Waals surface area contributed by atoms with Crippen LogP contribution in [0.15, 0.2) is 30.3 Å². The Morgan fingerprint density at radius 1 is 1.31 bits per heavy atom. The number of rotatable bonds is 4. The summed E-state index contributed by atoms with van der Waals surface area (Å²) < 4.78 is 5.18. The number of ether oxygens (including phenoxy) is 1. The summed E-state index contributed by atoms with van der Waals surface area (Å²) >= 11 is 0. The molecule has 1 aromatic carbocycles. The summed E-state index contributed by atoms with van der Waals surface area (Å²) in [6, 6.07) is 9.64. The number of carbonyl (C=O) groups excluding carboxylic acids is 1. The van der Waals surface area contributed by atoms with Crippen molar-refractivity contribution in [1.82, 2.24) is 5.32 Å². The molecule has 90 valence electrons. The third-order valence-electron chi connectivity index (χ3n) is 2.35. The van der Waals surface area contributed by atoms with Crippen LogP contribution in [0.1, 0.15) is 19.4 Å². The molecule has 0 unspecified atom stereocenters. The minimum absolute atomic E-state index is 0. The van der Waals surface area contributed by atoms with Gasteiger partial charge in [-0.2, -0.15) is 0 Å². The molecule has 16 heavy (non-hydrogen) atoms. The number of nitrogens with one attached hydrogen (secondary N) is 1. The van der Waals surface area contributed by atoms with Crippen molar-refractivity contribution in [1.29, 1.82) is 0 Å². The van der Waals surface area contributed by atoms with Crippen LogP contribution in [0.3, 0.4) is 0 Å². The number of benzene rings is 1. The molecule has 0 aliphatic carbocycles. The third-order valence-corrected chi connectivity index (χ3v) is 2.35. The van der Waals surface area contributed by atoms with Crippen LogP contribution in [-0.4, -0.2) is 18.6 Å². The van der Waals surface area contributed by atoms with Crippen LogP contribution in [0, 0.1) is 0 Å². The minimum Gasteiger partial charge on any atom is -0.459 e. The Balaban J connectivity index is 0.00000225. The van der Waals surface area contributed by atoms with E-state index in [1.54, 1.807) is 20.9 Å². The van der Waals surface area contributed by atoms with E-state index in [0.29, 0.717) is 6.61 Å². The van der Waals surface area contributed by atoms with Crippen LogP contribution in [-0.2, 0) is 16.1 Å². The number of halogens is 1. The van der Waals surface area contributed by atoms with Crippen molar-refractivity contribution in [2.24, 2.45) is 0 Å². The molecule has 0 radical (unpaired) electrons. The van der Waals surface area contributed by atoms with E-state index in [9.17, 15) is 4.79 Å². The maximum Gasteiger partial charge on any atom is 0.326 e. The van der Waals surface area contributed by atoms with E-state index < -0.39 is 5.54 Å². The predicted molar refractivity (Wildman–Crippen MR) is 66.6 cm³/mol. The highest BCUT2D eigenvalue weighted by Gasteiger charge is 2.26. The summed E-state index contributed by atoms with van der Waals surface area (Å²) in [7, 11) is 1.74. The first kappa shape index (κ1) is 14.9. The van der Waals surface area contributed by atoms with Gasteiger partial charge in [0.05, 0.1) is 0 Å². The van der Waals surface area contributed by atoms with Crippen LogP contribution >= 0.6 is 12.4 Å². The van der Waals surface area contributed by atoms with Gasteiger partial charge in [-0.3, -0.25) is 4.79 Å². The molecule has 0 atom stereocenters. The molecule has 1 rings (SSSR count). The number of carbonyl (C=O) groups is 1. The van der Waals surface area contributed by atoms with Crippen molar-refractivity contribution in [2.75, 3.05) is 7.05 Å². The molecule has 0 amide bonds. The van der Waals surface area contributed by atoms with Gasteiger partial charge in [-0.05, 0) is 26.5 Å². The molecule has 0 saturated carbocycles. The maximum atomic E-state index is 11.6. The Kier molecular flexibility index (Phi) is 6.08. The largest absolute Gasteiger partial charge is 0.459 e. The predicted octanol–water partition coefficient (Wildman–Crippen LogP) is 2.15. The minimum atomic E-state index is -0.630. The first-order chi connectivity index (χ1) is 7.06. The Hall–Kier alpha value is -1.06. The molecule has 0 saturated heterocycles. The zero-order valence-electron chi connectivity index (χ0n) is 9.82. The van der Waals surface area contributed by atoms with Gasteiger partial charge in [0.2, 0.25) is 0 Å². The lowest BCUT2D eigenvalue weighted by Gasteiger charge is -2.21. The highest BCUT2D eigenvalue weighted by atomic mass is 35.5. The van der Waals surface area contributed by atoms with E-state index in [2.05, 4.69) is 5.32 Å². The van der Waals surface area contributed by atoms with Gasteiger partial charge in [-0.25, -0.2) is 0 Å². The molecule has 0 fully saturated rings. The quantitative estimate of drug-likeness (QED) is 0.824. The molecule has 0 aliphatic heterocycles. The lowest BCUT2D eigenvalue weighted by molar-refractivity contribution is -0.151. The smallest absolute Gasteiger partial charge is 0.326 e. The summed E-state index contributed by atoms with van der Waals surface area (Å²) in [5.41, 5.74) is 0.368. The number of hydrogen-bond acceptors (Lipinski definition) is 3. The maximum absolute atomic E-state index is 11.6. The van der Waals surface area contributed by atoms with Gasteiger partial charge >= 0.3 is 5.97 Å². The second kappa shape index (κ2) is 6.51. The van der Waals surface area contributed by atoms with Gasteiger partial charge in [0, 0.05) is 0 Å². The van der Waals surface area contributed by atoms with Crippen molar-refractivity contribution < 1.29 is 9.53 Å². The molecular weight excluding hydrogens is 226 g/mol. The zero-order chi connectivity index (χ0) is 11.3. The van der Waals surface area contributed by atoms with Gasteiger partial charge in [0.1, 0.15) is 12.1 Å². The van der Waals surface area contributed by atoms with E-state index in [1.165, 1.54) is 0 Å². The van der Waals surface area contributed by atoms with Crippen LogP contribution in [0.2, 0.25) is 0 Å². The highest BCUT2D eigenvalue weighted by molar-refractivity contribution is 5.85. The fraction of sp³-hybridized carbons (Fsp3) is 0.417. The van der Waals surface area contributed by atoms with E-state index >= 15 is 0 Å². The lowest BCUT2D eigenvalue weighted by Crippen LogP contribution is -2.45. The second-order valence-electron chi connectivity index (χ2n) is 3.94. The molecule has 1 aromatic rings. The Morgan fingerprint density at radius 2 is 1.88 bits per heavy atom. The van der Waals surface area contributed by atoms with Crippen molar-refractivity contribution in [2.45, 2.75) is 26.0 Å². The van der Waals surface area contributed by atoms with E-state index in [1.807, 2.05) is 30.3 Å². The average molecular weight is 244 g/mol. The summed E-state index contributed by atoms with van der Waals surface area (Å²) in [6.45, 7) is 3.91. The van der Waals surface area contributed by atoms with Crippen molar-refractivity contribution >= 4 is 18.4 Å². The van der Waals surface area contributed by atoms with Crippen LogP contribution in [0.25, 0.3) is 0 Å². The number of likely N-dealkylation sites (N-methyl/N-ethyl adjacent to an activating group) is 1. The van der Waals surface area contributed by atoms with Gasteiger partial charge in [0.15, 0.2) is 0 Å². The molecule has 4 heteroatoms. The van der Waals surface area contributed by atoms with Gasteiger partial charge in [0.25, 0.3) is 0 Å². The second-order valence-corrected chi connectivity index (χ2v) is 3.94. The van der Waals surface area contributed by atoms with Gasteiger partial charge in [-0.15, -0.1) is 12.4 Å². The van der Waals surface area contributed by atoms with E-state index in [4.69, 9.17) is 4.74 Å². The summed E-state index contributed by atoms with van der Waals surface area (Å²) in [6.07, 6.45) is 0. The normalized spacial score (nSPS) is 10.4. The zero-order valence-corrected chi connectivity index (χ0v) is 10.6. The fourth-order valence-corrected chi connectivity index (χ4v) is 1.01. The van der Waals surface area contributed by atoms with Gasteiger partial charge < -0.3 is 10.1 Å². The summed E-state index contributed by atoms with van der Waals surface area (Å²) in [5, 5.41) is 2.90. The molecule has 1 N–H and O–H groups in total. The first-order valence-electron chi connectivity index (χ1n) is 4.96. The van der Waals surface area contributed by atoms with Crippen LogP contribution in [0.5, 0.6) is 0 Å². The highest BCUT2D eigenvalue weighted by Crippen LogP contribution is 2.07. The van der Waals surface area contributed by atoms with Gasteiger partial charge in [-0.1, -0.05) is 30.3 Å². The molecule has 0 aromatic heterocycles. The third kappa shape index (κ3) is 4.21. The molecular formula is C12H18ClNO2. The monoisotopic (exact) mass is 243 g/mol. The standard InChI is InChI=1S/C12H17NO2.ClH/c1-12(2,13-3)11(14)15-9-10-7-5-4-6-8-10;/h4-8,13H,9H2,1-3H3;1H. The number of hydrogen-bond donors (Lipinski definition) is 1. The van der Waals surface area contributed by atoms with Crippen molar-refractivity contribution in [3.8, 4) is 0 Å². The molecule has 0 spiro atoms.